The minimum absolute atomic E-state index is 0.00310. The fraction of sp³-hybridized carbons (Fsp3) is 0.509. The second kappa shape index (κ2) is 22.4. The van der Waals surface area contributed by atoms with Gasteiger partial charge < -0.3 is 35.8 Å². The van der Waals surface area contributed by atoms with Crippen LogP contribution in [0.15, 0.2) is 59.1 Å². The highest BCUT2D eigenvalue weighted by Gasteiger charge is 2.44. The van der Waals surface area contributed by atoms with Crippen LogP contribution >= 0.6 is 11.3 Å². The van der Waals surface area contributed by atoms with E-state index in [9.17, 15) is 33.9 Å². The van der Waals surface area contributed by atoms with Crippen molar-refractivity contribution in [2.75, 3.05) is 42.9 Å². The van der Waals surface area contributed by atoms with Crippen molar-refractivity contribution in [2.24, 2.45) is 5.41 Å². The number of aryl methyl sites for hydroxylation is 2. The summed E-state index contributed by atoms with van der Waals surface area (Å²) in [5, 5.41) is 20.3. The Bertz CT molecular complexity index is 2850. The van der Waals surface area contributed by atoms with Crippen LogP contribution in [0.1, 0.15) is 125 Å². The molecule has 6 heterocycles. The molecule has 3 atom stereocenters. The SMILES string of the molecule is CC(=O)c1c(C)c2cnc(Nc3ccc(N4CCN(C(=O)CCCCCC(=O)NC(C(=O)N5CC(O)CC5C(=O)NCc5ccc(-c6scnc6C)cc5)C(C)(C)C)CC4)cn3)nc2n(C2CCCC2)c1=O. The Labute approximate surface area is 424 Å². The van der Waals surface area contributed by atoms with Gasteiger partial charge in [0.05, 0.1) is 39.6 Å². The van der Waals surface area contributed by atoms with E-state index in [1.807, 2.05) is 74.5 Å². The summed E-state index contributed by atoms with van der Waals surface area (Å²) in [6.45, 7) is 13.4. The first-order chi connectivity index (χ1) is 34.5. The lowest BCUT2D eigenvalue weighted by molar-refractivity contribution is -0.144. The number of piperazine rings is 1. The number of Topliss-reactive ketones (excluding diaryl/α,β-unsaturated/α-hetero) is 1. The molecule has 8 rings (SSSR count). The maximum atomic E-state index is 14.1. The highest BCUT2D eigenvalue weighted by Crippen LogP contribution is 2.33. The molecular weight excluding hydrogens is 935 g/mol. The number of benzene rings is 1. The maximum absolute atomic E-state index is 14.1. The summed E-state index contributed by atoms with van der Waals surface area (Å²) in [7, 11) is 0. The van der Waals surface area contributed by atoms with Crippen molar-refractivity contribution in [3.05, 3.63) is 87.0 Å². The van der Waals surface area contributed by atoms with Gasteiger partial charge in [-0.2, -0.15) is 4.98 Å². The molecule has 18 nitrogen and oxygen atoms in total. The number of carbonyl (C=O) groups is 5. The third kappa shape index (κ3) is 11.8. The lowest BCUT2D eigenvalue weighted by atomic mass is 9.85. The summed E-state index contributed by atoms with van der Waals surface area (Å²) in [5.41, 5.74) is 5.96. The molecule has 0 radical (unpaired) electrons. The zero-order chi connectivity index (χ0) is 51.3. The summed E-state index contributed by atoms with van der Waals surface area (Å²) in [6, 6.07) is 9.88. The first kappa shape index (κ1) is 51.7. The number of likely N-dealkylation sites (tertiary alicyclic amines) is 1. The molecule has 2 aliphatic heterocycles. The summed E-state index contributed by atoms with van der Waals surface area (Å²) in [5.74, 6) is -0.405. The number of nitrogens with zero attached hydrogens (tertiary/aromatic N) is 8. The molecule has 3 aliphatic rings. The molecule has 5 aromatic rings. The number of carbonyl (C=O) groups excluding carboxylic acids is 5. The van der Waals surface area contributed by atoms with Crippen molar-refractivity contribution in [3.63, 3.8) is 0 Å². The number of rotatable bonds is 17. The number of anilines is 3. The minimum Gasteiger partial charge on any atom is -0.391 e. The second-order valence-corrected chi connectivity index (χ2v) is 21.4. The molecule has 3 fully saturated rings. The largest absolute Gasteiger partial charge is 0.391 e. The quantitative estimate of drug-likeness (QED) is 0.0586. The van der Waals surface area contributed by atoms with Gasteiger partial charge >= 0.3 is 0 Å². The van der Waals surface area contributed by atoms with Crippen molar-refractivity contribution in [1.29, 1.82) is 0 Å². The van der Waals surface area contributed by atoms with Crippen LogP contribution in [0.3, 0.4) is 0 Å². The lowest BCUT2D eigenvalue weighted by Crippen LogP contribution is -2.57. The molecule has 2 saturated heterocycles. The van der Waals surface area contributed by atoms with Crippen molar-refractivity contribution in [2.45, 2.75) is 137 Å². The van der Waals surface area contributed by atoms with Gasteiger partial charge in [-0.05, 0) is 80.7 Å². The van der Waals surface area contributed by atoms with Crippen LogP contribution in [-0.2, 0) is 25.7 Å². The number of β-amino-alcohol motifs (C(OH)–C–C–N with tert-alkyl or cyclic N) is 1. The molecule has 0 bridgehead atoms. The molecule has 72 heavy (non-hydrogen) atoms. The van der Waals surface area contributed by atoms with Crippen LogP contribution in [0.5, 0.6) is 0 Å². The Balaban J connectivity index is 0.761. The van der Waals surface area contributed by atoms with Crippen LogP contribution in [0.25, 0.3) is 21.5 Å². The van der Waals surface area contributed by atoms with Crippen LogP contribution < -0.4 is 26.4 Å². The molecule has 4 aromatic heterocycles. The number of fused-ring (bicyclic) bond motifs is 1. The van der Waals surface area contributed by atoms with Gasteiger partial charge in [0.2, 0.25) is 29.6 Å². The maximum Gasteiger partial charge on any atom is 0.263 e. The number of hydrogen-bond acceptors (Lipinski definition) is 14. The number of nitrogens with one attached hydrogen (secondary N) is 3. The fourth-order valence-electron chi connectivity index (χ4n) is 10.2. The second-order valence-electron chi connectivity index (χ2n) is 20.5. The van der Waals surface area contributed by atoms with E-state index in [0.29, 0.717) is 80.2 Å². The topological polar surface area (TPSA) is 225 Å². The number of pyridine rings is 2. The van der Waals surface area contributed by atoms with E-state index in [2.05, 4.69) is 35.8 Å². The summed E-state index contributed by atoms with van der Waals surface area (Å²) in [6.07, 6.45) is 8.82. The Morgan fingerprint density at radius 3 is 2.26 bits per heavy atom. The van der Waals surface area contributed by atoms with E-state index < -0.39 is 29.5 Å². The van der Waals surface area contributed by atoms with E-state index in [1.54, 1.807) is 35.2 Å². The number of aliphatic hydroxyl groups excluding tert-OH is 1. The predicted molar refractivity (Wildman–Crippen MR) is 277 cm³/mol. The van der Waals surface area contributed by atoms with E-state index >= 15 is 0 Å². The highest BCUT2D eigenvalue weighted by molar-refractivity contribution is 7.13. The molecule has 4 N–H and O–H groups in total. The summed E-state index contributed by atoms with van der Waals surface area (Å²) >= 11 is 1.57. The molecule has 1 aliphatic carbocycles. The Morgan fingerprint density at radius 2 is 1.61 bits per heavy atom. The smallest absolute Gasteiger partial charge is 0.263 e. The van der Waals surface area contributed by atoms with Gasteiger partial charge in [0, 0.05) is 76.2 Å². The molecule has 1 saturated carbocycles. The van der Waals surface area contributed by atoms with Crippen molar-refractivity contribution in [3.8, 4) is 10.4 Å². The standard InChI is InChI=1S/C53H67N11O7S/c1-32-40-29-56-52(60-48(40)64(37-12-10-11-13-37)50(70)45(32)34(3)65)58-42-21-20-38(28-54-42)61-22-24-62(25-23-61)44(68)15-9-7-8-14-43(67)59-47(53(4,5)6)51(71)63-30-39(66)26-41(63)49(69)55-27-35-16-18-36(19-17-35)46-33(2)57-31-72-46/h16-21,28-29,31,37,39,41,47,66H,7-15,22-27,30H2,1-6H3,(H,55,69)(H,59,67)(H,54,56,58,60). The number of unbranched alkanes of at least 4 members (excludes halogenated alkanes) is 2. The van der Waals surface area contributed by atoms with Gasteiger partial charge in [-0.3, -0.25) is 33.3 Å². The first-order valence-electron chi connectivity index (χ1n) is 25.2. The zero-order valence-corrected chi connectivity index (χ0v) is 43.0. The molecule has 382 valence electrons. The van der Waals surface area contributed by atoms with E-state index in [4.69, 9.17) is 4.98 Å². The van der Waals surface area contributed by atoms with Crippen LogP contribution in [0.2, 0.25) is 0 Å². The van der Waals surface area contributed by atoms with Gasteiger partial charge in [0.1, 0.15) is 23.5 Å². The Morgan fingerprint density at radius 1 is 0.889 bits per heavy atom. The minimum atomic E-state index is -0.915. The van der Waals surface area contributed by atoms with Crippen molar-refractivity contribution in [1.82, 2.24) is 44.9 Å². The van der Waals surface area contributed by atoms with E-state index in [0.717, 1.165) is 53.1 Å². The third-order valence-corrected chi connectivity index (χ3v) is 15.2. The molecule has 3 unspecified atom stereocenters. The van der Waals surface area contributed by atoms with Gasteiger partial charge in [-0.1, -0.05) is 64.3 Å². The third-order valence-electron chi connectivity index (χ3n) is 14.2. The number of aliphatic hydroxyl groups is 1. The van der Waals surface area contributed by atoms with Crippen molar-refractivity contribution >= 4 is 69.2 Å². The number of ketones is 1. The van der Waals surface area contributed by atoms with Gasteiger partial charge in [0.15, 0.2) is 5.78 Å². The molecular formula is C53H67N11O7S. The number of amides is 4. The number of thiazole rings is 1. The van der Waals surface area contributed by atoms with E-state index in [1.165, 1.54) is 11.8 Å². The molecule has 4 amide bonds. The Kier molecular flexibility index (Phi) is 16.1. The zero-order valence-electron chi connectivity index (χ0n) is 42.2. The summed E-state index contributed by atoms with van der Waals surface area (Å²) < 4.78 is 1.69. The van der Waals surface area contributed by atoms with Gasteiger partial charge in [-0.15, -0.1) is 11.3 Å². The lowest BCUT2D eigenvalue weighted by Gasteiger charge is -2.36. The predicted octanol–water partition coefficient (Wildman–Crippen LogP) is 6.40. The monoisotopic (exact) mass is 1000 g/mol. The molecule has 0 spiro atoms. The first-order valence-corrected chi connectivity index (χ1v) is 26.1. The average Bonchev–Trinajstić information content (AvgIpc) is 4.14. The van der Waals surface area contributed by atoms with Crippen LogP contribution in [-0.4, -0.2) is 120 Å². The highest BCUT2D eigenvalue weighted by atomic mass is 32.1. The Hall–Kier alpha value is -6.60. The van der Waals surface area contributed by atoms with Gasteiger partial charge in [-0.25, -0.2) is 15.0 Å². The fourth-order valence-corrected chi connectivity index (χ4v) is 11.0. The molecule has 19 heteroatoms. The normalized spacial score (nSPS) is 17.8. The van der Waals surface area contributed by atoms with Crippen LogP contribution in [0, 0.1) is 19.3 Å². The van der Waals surface area contributed by atoms with Crippen molar-refractivity contribution < 1.29 is 29.1 Å². The van der Waals surface area contributed by atoms with Gasteiger partial charge in [0.25, 0.3) is 5.56 Å². The van der Waals surface area contributed by atoms with Crippen LogP contribution in [0.4, 0.5) is 17.5 Å². The summed E-state index contributed by atoms with van der Waals surface area (Å²) in [4.78, 5) is 105. The average molecular weight is 1000 g/mol. The molecule has 1 aromatic carbocycles. The number of hydrogen-bond donors (Lipinski definition) is 4. The van der Waals surface area contributed by atoms with E-state index in [-0.39, 0.29) is 66.6 Å². The number of aromatic nitrogens is 5.